The van der Waals surface area contributed by atoms with Gasteiger partial charge in [-0.05, 0) is 61.9 Å². The molecule has 4 rings (SSSR count). The van der Waals surface area contributed by atoms with E-state index >= 15 is 0 Å². The third-order valence-corrected chi connectivity index (χ3v) is 5.64. The Hall–Kier alpha value is -2.95. The SMILES string of the molecule is Cc1cc(C)c(Cn2ccnc2CN(Cc2cccnc2)C(=O)C2CC2)c(C)c1. The summed E-state index contributed by atoms with van der Waals surface area (Å²) in [5, 5.41) is 0. The van der Waals surface area contributed by atoms with Crippen molar-refractivity contribution < 1.29 is 4.79 Å². The number of hydrogen-bond acceptors (Lipinski definition) is 3. The van der Waals surface area contributed by atoms with E-state index in [0.29, 0.717) is 13.1 Å². The lowest BCUT2D eigenvalue weighted by atomic mass is 10.00. The normalized spacial score (nSPS) is 13.5. The van der Waals surface area contributed by atoms with Gasteiger partial charge in [-0.15, -0.1) is 0 Å². The van der Waals surface area contributed by atoms with Crippen molar-refractivity contribution in [1.82, 2.24) is 19.4 Å². The van der Waals surface area contributed by atoms with Gasteiger partial charge in [-0.25, -0.2) is 4.98 Å². The molecule has 29 heavy (non-hydrogen) atoms. The summed E-state index contributed by atoms with van der Waals surface area (Å²) in [5.41, 5.74) is 6.24. The summed E-state index contributed by atoms with van der Waals surface area (Å²) < 4.78 is 2.17. The molecule has 1 amide bonds. The van der Waals surface area contributed by atoms with Crippen molar-refractivity contribution in [3.8, 4) is 0 Å². The smallest absolute Gasteiger partial charge is 0.226 e. The highest BCUT2D eigenvalue weighted by Crippen LogP contribution is 2.32. The van der Waals surface area contributed by atoms with Gasteiger partial charge in [0.25, 0.3) is 0 Å². The largest absolute Gasteiger partial charge is 0.331 e. The summed E-state index contributed by atoms with van der Waals surface area (Å²) in [7, 11) is 0. The van der Waals surface area contributed by atoms with Gasteiger partial charge in [0.05, 0.1) is 6.54 Å². The number of amides is 1. The minimum atomic E-state index is 0.177. The molecule has 2 heterocycles. The first-order valence-electron chi connectivity index (χ1n) is 10.3. The second kappa shape index (κ2) is 8.19. The molecular weight excluding hydrogens is 360 g/mol. The van der Waals surface area contributed by atoms with Crippen LogP contribution in [0.15, 0.2) is 49.1 Å². The van der Waals surface area contributed by atoms with Crippen LogP contribution in [0.3, 0.4) is 0 Å². The molecule has 0 saturated heterocycles. The second-order valence-corrected chi connectivity index (χ2v) is 8.18. The van der Waals surface area contributed by atoms with Gasteiger partial charge in [-0.3, -0.25) is 9.78 Å². The Morgan fingerprint density at radius 1 is 1.14 bits per heavy atom. The standard InChI is InChI=1S/C24H28N4O/c1-17-11-18(2)22(19(3)12-17)15-27-10-9-26-23(27)16-28(24(29)21-6-7-21)14-20-5-4-8-25-13-20/h4-5,8-13,21H,6-7,14-16H2,1-3H3. The van der Waals surface area contributed by atoms with Crippen molar-refractivity contribution >= 4 is 5.91 Å². The Labute approximate surface area is 172 Å². The van der Waals surface area contributed by atoms with E-state index in [4.69, 9.17) is 0 Å². The van der Waals surface area contributed by atoms with Crippen LogP contribution in [0.5, 0.6) is 0 Å². The fourth-order valence-electron chi connectivity index (χ4n) is 3.95. The van der Waals surface area contributed by atoms with Crippen LogP contribution in [0.2, 0.25) is 0 Å². The van der Waals surface area contributed by atoms with Gasteiger partial charge < -0.3 is 9.47 Å². The number of pyridine rings is 1. The number of carbonyl (C=O) groups is 1. The van der Waals surface area contributed by atoms with Crippen LogP contribution in [-0.2, 0) is 24.4 Å². The first-order valence-corrected chi connectivity index (χ1v) is 10.3. The average molecular weight is 389 g/mol. The number of aromatic nitrogens is 3. The lowest BCUT2D eigenvalue weighted by Crippen LogP contribution is -2.32. The fourth-order valence-corrected chi connectivity index (χ4v) is 3.95. The van der Waals surface area contributed by atoms with Crippen molar-refractivity contribution in [2.24, 2.45) is 5.92 Å². The third-order valence-electron chi connectivity index (χ3n) is 5.64. The number of carbonyl (C=O) groups excluding carboxylic acids is 1. The van der Waals surface area contributed by atoms with Gasteiger partial charge in [-0.1, -0.05) is 23.8 Å². The van der Waals surface area contributed by atoms with E-state index in [-0.39, 0.29) is 11.8 Å². The highest BCUT2D eigenvalue weighted by molar-refractivity contribution is 5.81. The van der Waals surface area contributed by atoms with Crippen LogP contribution in [0.4, 0.5) is 0 Å². The molecule has 0 radical (unpaired) electrons. The molecule has 150 valence electrons. The van der Waals surface area contributed by atoms with Crippen molar-refractivity contribution in [2.75, 3.05) is 0 Å². The van der Waals surface area contributed by atoms with Gasteiger partial charge in [0.2, 0.25) is 5.91 Å². The number of benzene rings is 1. The fraction of sp³-hybridized carbons (Fsp3) is 0.375. The number of imidazole rings is 1. The topological polar surface area (TPSA) is 51.0 Å². The van der Waals surface area contributed by atoms with Gasteiger partial charge in [0.1, 0.15) is 5.82 Å². The van der Waals surface area contributed by atoms with Crippen molar-refractivity contribution in [3.05, 3.63) is 82.7 Å². The molecule has 0 atom stereocenters. The molecule has 1 aromatic carbocycles. The summed E-state index contributed by atoms with van der Waals surface area (Å²) in [6.07, 6.45) is 9.43. The molecule has 1 fully saturated rings. The molecular formula is C24H28N4O. The highest BCUT2D eigenvalue weighted by atomic mass is 16.2. The predicted octanol–water partition coefficient (Wildman–Crippen LogP) is 4.19. The minimum Gasteiger partial charge on any atom is -0.331 e. The summed E-state index contributed by atoms with van der Waals surface area (Å²) in [6, 6.07) is 8.39. The zero-order chi connectivity index (χ0) is 20.4. The van der Waals surface area contributed by atoms with Gasteiger partial charge in [0.15, 0.2) is 0 Å². The molecule has 5 heteroatoms. The first kappa shape index (κ1) is 19.4. The Bertz CT molecular complexity index is 982. The van der Waals surface area contributed by atoms with Crippen molar-refractivity contribution in [2.45, 2.75) is 53.2 Å². The first-order chi connectivity index (χ1) is 14.0. The molecule has 0 spiro atoms. The van der Waals surface area contributed by atoms with Gasteiger partial charge in [0, 0.05) is 43.8 Å². The molecule has 2 aromatic heterocycles. The van der Waals surface area contributed by atoms with E-state index in [0.717, 1.165) is 30.8 Å². The summed E-state index contributed by atoms with van der Waals surface area (Å²) in [4.78, 5) is 23.6. The van der Waals surface area contributed by atoms with E-state index in [1.165, 1.54) is 22.3 Å². The van der Waals surface area contributed by atoms with E-state index < -0.39 is 0 Å². The molecule has 0 unspecified atom stereocenters. The molecule has 1 aliphatic carbocycles. The lowest BCUT2D eigenvalue weighted by molar-refractivity contribution is -0.134. The number of rotatable bonds is 7. The molecule has 0 aliphatic heterocycles. The van der Waals surface area contributed by atoms with Gasteiger partial charge >= 0.3 is 0 Å². The zero-order valence-corrected chi connectivity index (χ0v) is 17.4. The maximum atomic E-state index is 12.9. The van der Waals surface area contributed by atoms with Crippen molar-refractivity contribution in [3.63, 3.8) is 0 Å². The average Bonchev–Trinajstić information content (AvgIpc) is 3.45. The molecule has 0 bridgehead atoms. The third kappa shape index (κ3) is 4.56. The van der Waals surface area contributed by atoms with Crippen LogP contribution < -0.4 is 0 Å². The molecule has 3 aromatic rings. The molecule has 1 saturated carbocycles. The quantitative estimate of drug-likeness (QED) is 0.610. The Morgan fingerprint density at radius 3 is 2.55 bits per heavy atom. The highest BCUT2D eigenvalue weighted by Gasteiger charge is 2.34. The molecule has 1 aliphatic rings. The Kier molecular flexibility index (Phi) is 5.47. The molecule has 0 N–H and O–H groups in total. The maximum Gasteiger partial charge on any atom is 0.226 e. The van der Waals surface area contributed by atoms with E-state index in [9.17, 15) is 4.79 Å². The molecule has 5 nitrogen and oxygen atoms in total. The van der Waals surface area contributed by atoms with Crippen LogP contribution in [0, 0.1) is 26.7 Å². The summed E-state index contributed by atoms with van der Waals surface area (Å²) in [6.45, 7) is 8.31. The summed E-state index contributed by atoms with van der Waals surface area (Å²) >= 11 is 0. The predicted molar refractivity (Wildman–Crippen MR) is 113 cm³/mol. The van der Waals surface area contributed by atoms with Gasteiger partial charge in [-0.2, -0.15) is 0 Å². The number of hydrogen-bond donors (Lipinski definition) is 0. The minimum absolute atomic E-state index is 0.177. The van der Waals surface area contributed by atoms with Crippen LogP contribution >= 0.6 is 0 Å². The number of nitrogens with zero attached hydrogens (tertiary/aromatic N) is 4. The zero-order valence-electron chi connectivity index (χ0n) is 17.4. The second-order valence-electron chi connectivity index (χ2n) is 8.18. The van der Waals surface area contributed by atoms with Crippen LogP contribution in [0.1, 0.15) is 46.5 Å². The van der Waals surface area contributed by atoms with Crippen LogP contribution in [-0.4, -0.2) is 25.3 Å². The maximum absolute atomic E-state index is 12.9. The van der Waals surface area contributed by atoms with Crippen molar-refractivity contribution in [1.29, 1.82) is 0 Å². The lowest BCUT2D eigenvalue weighted by Gasteiger charge is -2.23. The van der Waals surface area contributed by atoms with E-state index in [1.54, 1.807) is 6.20 Å². The monoisotopic (exact) mass is 388 g/mol. The van der Waals surface area contributed by atoms with E-state index in [1.807, 2.05) is 35.6 Å². The number of aryl methyl sites for hydroxylation is 3. The summed E-state index contributed by atoms with van der Waals surface area (Å²) in [5.74, 6) is 1.32. The van der Waals surface area contributed by atoms with E-state index in [2.05, 4.69) is 47.4 Å². The van der Waals surface area contributed by atoms with Crippen LogP contribution in [0.25, 0.3) is 0 Å². The Balaban J connectivity index is 1.56. The Morgan fingerprint density at radius 2 is 1.90 bits per heavy atom.